The van der Waals surface area contributed by atoms with Gasteiger partial charge in [-0.25, -0.2) is 9.59 Å². The molecule has 0 bridgehead atoms. The molecule has 0 saturated carbocycles. The maximum absolute atomic E-state index is 14.2. The van der Waals surface area contributed by atoms with Gasteiger partial charge in [0.05, 0.1) is 12.6 Å². The van der Waals surface area contributed by atoms with E-state index in [4.69, 9.17) is 9.47 Å². The van der Waals surface area contributed by atoms with Crippen LogP contribution in [0.15, 0.2) is 23.3 Å². The van der Waals surface area contributed by atoms with Gasteiger partial charge in [-0.05, 0) is 69.8 Å². The zero-order valence-electron chi connectivity index (χ0n) is 38.6. The number of ether oxygens (including phenoxy) is 2. The first-order valence-electron chi connectivity index (χ1n) is 21.1. The molecule has 336 valence electrons. The fourth-order valence-corrected chi connectivity index (χ4v) is 6.77. The van der Waals surface area contributed by atoms with Crippen molar-refractivity contribution in [1.29, 1.82) is 0 Å². The molecule has 5 amide bonds. The number of nitrogens with one attached hydrogen (secondary N) is 2. The molecule has 15 nitrogen and oxygen atoms in total. The van der Waals surface area contributed by atoms with Crippen LogP contribution in [0.3, 0.4) is 0 Å². The second-order valence-electron chi connectivity index (χ2n) is 17.4. The Labute approximate surface area is 353 Å². The number of aliphatic hydroxyl groups is 1. The third kappa shape index (κ3) is 15.1. The quantitative estimate of drug-likeness (QED) is 0.238. The number of allylic oxidation sites excluding steroid dienone is 1. The summed E-state index contributed by atoms with van der Waals surface area (Å²) in [6.07, 6.45) is 1.49. The maximum atomic E-state index is 14.2. The second-order valence-corrected chi connectivity index (χ2v) is 17.4. The number of hydrogen-bond donors (Lipinski definition) is 3. The predicted octanol–water partition coefficient (Wildman–Crippen LogP) is 4.02. The molecular weight excluding hydrogens is 759 g/mol. The number of cyclic esters (lactones) is 2. The fraction of sp³-hybridized carbons (Fsp3) is 0.750. The molecule has 0 aromatic carbocycles. The van der Waals surface area contributed by atoms with Gasteiger partial charge in [-0.3, -0.25) is 24.0 Å². The third-order valence-corrected chi connectivity index (χ3v) is 11.2. The van der Waals surface area contributed by atoms with Crippen LogP contribution in [-0.2, 0) is 43.0 Å². The Morgan fingerprint density at radius 3 is 1.90 bits per heavy atom. The molecule has 0 radical (unpaired) electrons. The maximum Gasteiger partial charge on any atom is 0.334 e. The zero-order chi connectivity index (χ0) is 45.6. The van der Waals surface area contributed by atoms with Crippen molar-refractivity contribution < 1.29 is 48.1 Å². The second kappa shape index (κ2) is 24.1. The Hall–Kier alpha value is -4.27. The Morgan fingerprint density at radius 1 is 0.847 bits per heavy atom. The third-order valence-electron chi connectivity index (χ3n) is 11.2. The van der Waals surface area contributed by atoms with Crippen molar-refractivity contribution in [3.8, 4) is 0 Å². The molecule has 0 aromatic rings. The molecule has 15 heteroatoms. The first kappa shape index (κ1) is 52.7. The van der Waals surface area contributed by atoms with Crippen LogP contribution in [-0.4, -0.2) is 131 Å². The van der Waals surface area contributed by atoms with Crippen molar-refractivity contribution >= 4 is 41.5 Å². The number of aliphatic hydroxyl groups excluding tert-OH is 1. The van der Waals surface area contributed by atoms with E-state index in [1.54, 1.807) is 48.5 Å². The first-order valence-corrected chi connectivity index (χ1v) is 21.1. The van der Waals surface area contributed by atoms with E-state index in [1.165, 1.54) is 55.8 Å². The number of hydrogen-bond acceptors (Lipinski definition) is 10. The molecule has 0 fully saturated rings. The summed E-state index contributed by atoms with van der Waals surface area (Å²) in [7, 11) is 4.36. The minimum Gasteiger partial charge on any atom is -0.456 e. The summed E-state index contributed by atoms with van der Waals surface area (Å²) in [5.41, 5.74) is 0.833. The van der Waals surface area contributed by atoms with Gasteiger partial charge in [-0.15, -0.1) is 0 Å². The standard InChI is InChI=1S/C44H75N5O10/c1-17-19-28(10)37-30(12)33(50)21-20-29(11)43(56)59-38(27(9)18-2)39(52)46-36(26(7)8)42(55)49(16)32(22-24(3)4)40(53)47(14)23-34(51)45-35(25(5)6)41(54)48(15)31(13)44(57)58-37/h19-20,24-27,30-33,35-38,50H,17-18,21-23H2,1-16H3,(H,45,51)(H,46,52)/b28-19+,29-20?/t27-,30-,31-,32+,33-,35-,36-,37+,38+/m0/s1. The number of carbonyl (C=O) groups is 7. The number of carbonyl (C=O) groups excluding carboxylic acids is 7. The minimum atomic E-state index is -1.26. The summed E-state index contributed by atoms with van der Waals surface area (Å²) in [6, 6.07) is -4.25. The minimum absolute atomic E-state index is 0.0127. The largest absolute Gasteiger partial charge is 0.456 e. The summed E-state index contributed by atoms with van der Waals surface area (Å²) in [5.74, 6) is -6.38. The molecule has 1 rings (SSSR count). The van der Waals surface area contributed by atoms with Crippen LogP contribution in [0, 0.1) is 29.6 Å². The number of rotatable bonds is 8. The van der Waals surface area contributed by atoms with E-state index in [0.717, 1.165) is 0 Å². The predicted molar refractivity (Wildman–Crippen MR) is 226 cm³/mol. The lowest BCUT2D eigenvalue weighted by molar-refractivity contribution is -0.160. The molecule has 1 aliphatic heterocycles. The van der Waals surface area contributed by atoms with E-state index in [-0.39, 0.29) is 24.3 Å². The van der Waals surface area contributed by atoms with Gasteiger partial charge in [0.1, 0.15) is 30.3 Å². The fourth-order valence-electron chi connectivity index (χ4n) is 6.77. The van der Waals surface area contributed by atoms with E-state index in [0.29, 0.717) is 18.4 Å². The molecule has 0 unspecified atom stereocenters. The van der Waals surface area contributed by atoms with Gasteiger partial charge < -0.3 is 39.9 Å². The highest BCUT2D eigenvalue weighted by molar-refractivity contribution is 5.96. The van der Waals surface area contributed by atoms with Crippen molar-refractivity contribution in [2.24, 2.45) is 29.6 Å². The molecule has 1 aliphatic rings. The van der Waals surface area contributed by atoms with Crippen molar-refractivity contribution in [3.05, 3.63) is 23.3 Å². The lowest BCUT2D eigenvalue weighted by atomic mass is 9.90. The Bertz CT molecular complexity index is 1540. The summed E-state index contributed by atoms with van der Waals surface area (Å²) in [6.45, 7) is 22.4. The van der Waals surface area contributed by atoms with Crippen LogP contribution < -0.4 is 10.6 Å². The number of esters is 2. The van der Waals surface area contributed by atoms with Gasteiger partial charge in [0.15, 0.2) is 6.10 Å². The van der Waals surface area contributed by atoms with Gasteiger partial charge in [0, 0.05) is 38.6 Å². The SMILES string of the molecule is CC/C=C(\C)[C@H]1OC(=O)[C@H](C)N(C)C(=O)[C@H](C(C)C)NC(=O)CN(C)C(=O)[C@@H](CC(C)C)N(C)C(=O)[C@H](C(C)C)NC(=O)[C@@H]([C@@H](C)CC)OC(=O)C(C)=CC[C@H](O)[C@@H]1C. The van der Waals surface area contributed by atoms with Crippen molar-refractivity contribution in [1.82, 2.24) is 25.3 Å². The molecular formula is C44H75N5O10. The summed E-state index contributed by atoms with van der Waals surface area (Å²) >= 11 is 0. The van der Waals surface area contributed by atoms with Gasteiger partial charge in [0.25, 0.3) is 5.91 Å². The molecule has 0 spiro atoms. The van der Waals surface area contributed by atoms with Crippen LogP contribution in [0.2, 0.25) is 0 Å². The molecule has 0 saturated heterocycles. The van der Waals surface area contributed by atoms with Crippen LogP contribution in [0.25, 0.3) is 0 Å². The van der Waals surface area contributed by atoms with Gasteiger partial charge in [-0.2, -0.15) is 0 Å². The highest BCUT2D eigenvalue weighted by atomic mass is 16.6. The first-order chi connectivity index (χ1) is 27.3. The van der Waals surface area contributed by atoms with Crippen molar-refractivity contribution in [2.45, 2.75) is 158 Å². The van der Waals surface area contributed by atoms with Crippen LogP contribution in [0.4, 0.5) is 0 Å². The van der Waals surface area contributed by atoms with Crippen molar-refractivity contribution in [3.63, 3.8) is 0 Å². The lowest BCUT2D eigenvalue weighted by Gasteiger charge is -2.36. The summed E-state index contributed by atoms with van der Waals surface area (Å²) < 4.78 is 11.8. The molecule has 3 N–H and O–H groups in total. The van der Waals surface area contributed by atoms with Crippen LogP contribution in [0.5, 0.6) is 0 Å². The van der Waals surface area contributed by atoms with Gasteiger partial charge in [-0.1, -0.05) is 81.4 Å². The molecule has 59 heavy (non-hydrogen) atoms. The van der Waals surface area contributed by atoms with Gasteiger partial charge >= 0.3 is 11.9 Å². The highest BCUT2D eigenvalue weighted by Crippen LogP contribution is 2.25. The van der Waals surface area contributed by atoms with E-state index in [9.17, 15) is 38.7 Å². The average Bonchev–Trinajstić information content (AvgIpc) is 3.17. The smallest absolute Gasteiger partial charge is 0.334 e. The average molecular weight is 834 g/mol. The molecule has 1 heterocycles. The summed E-state index contributed by atoms with van der Waals surface area (Å²) in [5, 5.41) is 16.9. The van der Waals surface area contributed by atoms with Crippen molar-refractivity contribution in [2.75, 3.05) is 27.7 Å². The van der Waals surface area contributed by atoms with E-state index < -0.39 is 114 Å². The topological polar surface area (TPSA) is 192 Å². The van der Waals surface area contributed by atoms with E-state index in [2.05, 4.69) is 10.6 Å². The van der Waals surface area contributed by atoms with Crippen LogP contribution in [0.1, 0.15) is 116 Å². The van der Waals surface area contributed by atoms with E-state index >= 15 is 0 Å². The van der Waals surface area contributed by atoms with Gasteiger partial charge in [0.2, 0.25) is 23.6 Å². The Kier molecular flexibility index (Phi) is 21.5. The summed E-state index contributed by atoms with van der Waals surface area (Å²) in [4.78, 5) is 100. The number of nitrogens with zero attached hydrogens (tertiary/aromatic N) is 3. The lowest BCUT2D eigenvalue weighted by Crippen LogP contribution is -2.59. The van der Waals surface area contributed by atoms with E-state index in [1.807, 2.05) is 33.8 Å². The zero-order valence-corrected chi connectivity index (χ0v) is 38.6. The number of likely N-dealkylation sites (N-methyl/N-ethyl adjacent to an activating group) is 3. The Morgan fingerprint density at radius 2 is 1.39 bits per heavy atom. The molecule has 9 atom stereocenters. The normalized spacial score (nSPS) is 28.4. The molecule has 0 aromatic heterocycles. The number of amides is 5. The monoisotopic (exact) mass is 834 g/mol. The Balaban J connectivity index is 3.87. The van der Waals surface area contributed by atoms with Crippen LogP contribution >= 0.6 is 0 Å². The molecule has 0 aliphatic carbocycles. The highest BCUT2D eigenvalue weighted by Gasteiger charge is 2.39.